The molecule has 9 nitrogen and oxygen atoms in total. The van der Waals surface area contributed by atoms with Gasteiger partial charge in [-0.2, -0.15) is 0 Å². The van der Waals surface area contributed by atoms with Crippen molar-refractivity contribution < 1.29 is 19.1 Å². The molecule has 166 valence electrons. The molecule has 1 aromatic carbocycles. The maximum absolute atomic E-state index is 13.0. The summed E-state index contributed by atoms with van der Waals surface area (Å²) in [5.74, 6) is -0.751. The molecule has 3 amide bonds. The summed E-state index contributed by atoms with van der Waals surface area (Å²) in [6.45, 7) is 4.45. The molecule has 1 saturated carbocycles. The fraction of sp³-hybridized carbons (Fsp3) is 0.545. The highest BCUT2D eigenvalue weighted by molar-refractivity contribution is 6.44. The lowest BCUT2D eigenvalue weighted by molar-refractivity contribution is -0.138. The van der Waals surface area contributed by atoms with E-state index in [2.05, 4.69) is 10.6 Å². The normalized spacial score (nSPS) is 28.0. The predicted octanol–water partition coefficient (Wildman–Crippen LogP) is 0.625. The number of hydrogen-bond acceptors (Lipinski definition) is 6. The highest BCUT2D eigenvalue weighted by Crippen LogP contribution is 2.48. The summed E-state index contributed by atoms with van der Waals surface area (Å²) in [5, 5.41) is 13.9. The molecule has 2 saturated heterocycles. The zero-order valence-electron chi connectivity index (χ0n) is 17.8. The van der Waals surface area contributed by atoms with Gasteiger partial charge in [0, 0.05) is 17.3 Å². The van der Waals surface area contributed by atoms with E-state index in [-0.39, 0.29) is 41.8 Å². The van der Waals surface area contributed by atoms with Gasteiger partial charge in [-0.05, 0) is 45.1 Å². The van der Waals surface area contributed by atoms with E-state index in [1.165, 1.54) is 0 Å². The number of carbonyl (C=O) groups excluding carboxylic acids is 3. The van der Waals surface area contributed by atoms with E-state index in [9.17, 15) is 14.4 Å². The van der Waals surface area contributed by atoms with Crippen molar-refractivity contribution in [1.29, 1.82) is 5.41 Å². The monoisotopic (exact) mass is 427 g/mol. The summed E-state index contributed by atoms with van der Waals surface area (Å²) < 4.78 is 5.70. The van der Waals surface area contributed by atoms with Gasteiger partial charge in [0.2, 0.25) is 11.8 Å². The number of primary amides is 1. The van der Waals surface area contributed by atoms with Gasteiger partial charge in [0.1, 0.15) is 11.8 Å². The van der Waals surface area contributed by atoms with Gasteiger partial charge in [-0.15, -0.1) is 0 Å². The topological polar surface area (TPSA) is 138 Å². The summed E-state index contributed by atoms with van der Waals surface area (Å²) in [5.41, 5.74) is 5.48. The van der Waals surface area contributed by atoms with Gasteiger partial charge in [-0.1, -0.05) is 18.2 Å². The number of nitrogens with two attached hydrogens (primary N) is 1. The van der Waals surface area contributed by atoms with Gasteiger partial charge in [0.25, 0.3) is 5.91 Å². The Morgan fingerprint density at radius 2 is 2.00 bits per heavy atom. The zero-order chi connectivity index (χ0) is 22.3. The molecule has 4 atom stereocenters. The molecule has 3 fully saturated rings. The smallest absolute Gasteiger partial charge is 0.267 e. The van der Waals surface area contributed by atoms with Crippen molar-refractivity contribution in [3.05, 3.63) is 29.8 Å². The van der Waals surface area contributed by atoms with Crippen LogP contribution < -0.4 is 16.4 Å². The second-order valence-corrected chi connectivity index (χ2v) is 9.23. The summed E-state index contributed by atoms with van der Waals surface area (Å²) in [7, 11) is 0. The fourth-order valence-corrected chi connectivity index (χ4v) is 4.73. The second kappa shape index (κ2) is 7.96. The number of nitrogens with one attached hydrogen (secondary N) is 3. The summed E-state index contributed by atoms with van der Waals surface area (Å²) in [6.07, 6.45) is 2.36. The molecule has 0 unspecified atom stereocenters. The van der Waals surface area contributed by atoms with Crippen molar-refractivity contribution >= 4 is 29.1 Å². The van der Waals surface area contributed by atoms with Crippen LogP contribution in [0.1, 0.15) is 38.7 Å². The number of ether oxygens (including phenoxy) is 1. The van der Waals surface area contributed by atoms with Gasteiger partial charge in [-0.3, -0.25) is 19.8 Å². The summed E-state index contributed by atoms with van der Waals surface area (Å²) in [6, 6.07) is 6.34. The van der Waals surface area contributed by atoms with Crippen molar-refractivity contribution in [2.75, 3.05) is 18.5 Å². The van der Waals surface area contributed by atoms with Gasteiger partial charge in [-0.25, -0.2) is 0 Å². The molecule has 9 heteroatoms. The number of amides is 3. The number of likely N-dealkylation sites (tertiary alicyclic amines) is 1. The summed E-state index contributed by atoms with van der Waals surface area (Å²) in [4.78, 5) is 39.1. The average Bonchev–Trinajstić information content (AvgIpc) is 3.25. The highest BCUT2D eigenvalue weighted by Gasteiger charge is 2.56. The molecule has 4 rings (SSSR count). The zero-order valence-corrected chi connectivity index (χ0v) is 17.8. The molecule has 1 aliphatic carbocycles. The first-order chi connectivity index (χ1) is 14.7. The number of piperidine rings is 1. The SMILES string of the molecule is CC1(C)C[C@@H](NC(=O)[C@@H]2C[C@H]3C[C@H]3N2C(=O)CNc2ccccc2C(=N)C(N)=O)CO1. The Kier molecular flexibility index (Phi) is 5.47. The number of para-hydroxylation sites is 1. The van der Waals surface area contributed by atoms with E-state index >= 15 is 0 Å². The lowest BCUT2D eigenvalue weighted by atomic mass is 10.0. The number of carbonyl (C=O) groups is 3. The highest BCUT2D eigenvalue weighted by atomic mass is 16.5. The molecule has 3 aliphatic rings. The first-order valence-electron chi connectivity index (χ1n) is 10.6. The van der Waals surface area contributed by atoms with Gasteiger partial charge < -0.3 is 26.0 Å². The first kappa shape index (κ1) is 21.3. The van der Waals surface area contributed by atoms with Gasteiger partial charge in [0.05, 0.1) is 24.8 Å². The minimum Gasteiger partial charge on any atom is -0.376 e. The third-order valence-electron chi connectivity index (χ3n) is 6.33. The number of anilines is 1. The van der Waals surface area contributed by atoms with E-state index in [1.807, 2.05) is 13.8 Å². The molecule has 0 radical (unpaired) electrons. The Hall–Kier alpha value is -2.94. The third kappa shape index (κ3) is 4.41. The summed E-state index contributed by atoms with van der Waals surface area (Å²) >= 11 is 0. The number of rotatable bonds is 7. The fourth-order valence-electron chi connectivity index (χ4n) is 4.73. The molecular weight excluding hydrogens is 398 g/mol. The lowest BCUT2D eigenvalue weighted by Crippen LogP contribution is -2.51. The van der Waals surface area contributed by atoms with Crippen LogP contribution in [0.2, 0.25) is 0 Å². The van der Waals surface area contributed by atoms with Crippen molar-refractivity contribution in [3.8, 4) is 0 Å². The van der Waals surface area contributed by atoms with Crippen LogP contribution in [0.25, 0.3) is 0 Å². The molecule has 5 N–H and O–H groups in total. The first-order valence-corrected chi connectivity index (χ1v) is 10.6. The molecule has 0 bridgehead atoms. The Bertz CT molecular complexity index is 930. The van der Waals surface area contributed by atoms with E-state index in [0.717, 1.165) is 12.8 Å². The molecule has 1 aromatic rings. The molecule has 31 heavy (non-hydrogen) atoms. The molecule has 2 aliphatic heterocycles. The lowest BCUT2D eigenvalue weighted by Gasteiger charge is -2.28. The Morgan fingerprint density at radius 1 is 1.26 bits per heavy atom. The third-order valence-corrected chi connectivity index (χ3v) is 6.33. The van der Waals surface area contributed by atoms with Crippen LogP contribution in [-0.4, -0.2) is 65.2 Å². The van der Waals surface area contributed by atoms with Crippen molar-refractivity contribution in [2.24, 2.45) is 11.7 Å². The van der Waals surface area contributed by atoms with Crippen LogP contribution in [0.4, 0.5) is 5.69 Å². The second-order valence-electron chi connectivity index (χ2n) is 9.23. The average molecular weight is 428 g/mol. The quantitative estimate of drug-likeness (QED) is 0.473. The van der Waals surface area contributed by atoms with E-state index in [0.29, 0.717) is 30.2 Å². The van der Waals surface area contributed by atoms with Crippen LogP contribution >= 0.6 is 0 Å². The Balaban J connectivity index is 1.39. The number of fused-ring (bicyclic) bond motifs is 1. The molecular formula is C22H29N5O4. The van der Waals surface area contributed by atoms with Gasteiger partial charge >= 0.3 is 0 Å². The van der Waals surface area contributed by atoms with Crippen LogP contribution in [0, 0.1) is 11.3 Å². The number of benzene rings is 1. The maximum Gasteiger partial charge on any atom is 0.267 e. The van der Waals surface area contributed by atoms with Crippen molar-refractivity contribution in [1.82, 2.24) is 10.2 Å². The molecule has 0 spiro atoms. The van der Waals surface area contributed by atoms with E-state index < -0.39 is 11.9 Å². The van der Waals surface area contributed by atoms with Crippen molar-refractivity contribution in [2.45, 2.75) is 56.8 Å². The largest absolute Gasteiger partial charge is 0.376 e. The standard InChI is InChI=1S/C22H29N5O4/c1-22(2)9-13(11-31-22)26-21(30)17-8-12-7-16(12)27(17)18(28)10-25-15-6-4-3-5-14(15)19(23)20(24)29/h3-6,12-13,16-17,23,25H,7-11H2,1-2H3,(H2,24,29)(H,26,30)/t12-,13-,16-,17+/m1/s1. The van der Waals surface area contributed by atoms with Crippen LogP contribution in [0.3, 0.4) is 0 Å². The number of hydrogen-bond donors (Lipinski definition) is 4. The minimum atomic E-state index is -0.836. The van der Waals surface area contributed by atoms with Crippen LogP contribution in [0.5, 0.6) is 0 Å². The van der Waals surface area contributed by atoms with E-state index in [4.69, 9.17) is 15.9 Å². The number of nitrogens with zero attached hydrogens (tertiary/aromatic N) is 1. The molecule has 2 heterocycles. The van der Waals surface area contributed by atoms with Crippen molar-refractivity contribution in [3.63, 3.8) is 0 Å². The Morgan fingerprint density at radius 3 is 2.68 bits per heavy atom. The Labute approximate surface area is 181 Å². The maximum atomic E-state index is 13.0. The van der Waals surface area contributed by atoms with E-state index in [1.54, 1.807) is 29.2 Å². The van der Waals surface area contributed by atoms with Crippen LogP contribution in [0.15, 0.2) is 24.3 Å². The predicted molar refractivity (Wildman–Crippen MR) is 115 cm³/mol. The molecule has 0 aromatic heterocycles. The van der Waals surface area contributed by atoms with Crippen LogP contribution in [-0.2, 0) is 19.1 Å². The van der Waals surface area contributed by atoms with Gasteiger partial charge in [0.15, 0.2) is 0 Å². The minimum absolute atomic E-state index is 0.0321.